The van der Waals surface area contributed by atoms with Crippen molar-refractivity contribution in [1.29, 1.82) is 0 Å². The lowest BCUT2D eigenvalue weighted by atomic mass is 10.3. The number of anilines is 1. The van der Waals surface area contributed by atoms with E-state index in [0.717, 1.165) is 26.9 Å². The van der Waals surface area contributed by atoms with Gasteiger partial charge in [-0.3, -0.25) is 0 Å². The average molecular weight is 420 g/mol. The van der Waals surface area contributed by atoms with Gasteiger partial charge < -0.3 is 5.73 Å². The van der Waals surface area contributed by atoms with E-state index < -0.39 is 7.05 Å². The summed E-state index contributed by atoms with van der Waals surface area (Å²) in [6, 6.07) is 39.0. The van der Waals surface area contributed by atoms with Crippen molar-refractivity contribution in [3.63, 3.8) is 0 Å². The van der Waals surface area contributed by atoms with Gasteiger partial charge in [-0.05, 0) is 12.1 Å². The molecule has 0 unspecified atom stereocenters. The zero-order chi connectivity index (χ0) is 21.1. The summed E-state index contributed by atoms with van der Waals surface area (Å²) in [7, 11) is -2.44. The molecule has 0 aliphatic carbocycles. The number of nitrogen functional groups attached to an aromatic ring is 1. The molecule has 0 radical (unpaired) electrons. The number of nitrogens with zero attached hydrogens (tertiary/aromatic N) is 3. The van der Waals surface area contributed by atoms with Gasteiger partial charge in [0.1, 0.15) is 0 Å². The first-order valence-electron chi connectivity index (χ1n) is 10.1. The fourth-order valence-electron chi connectivity index (χ4n) is 3.77. The van der Waals surface area contributed by atoms with Gasteiger partial charge in [0, 0.05) is 15.9 Å². The first-order valence-corrected chi connectivity index (χ1v) is 11.8. The van der Waals surface area contributed by atoms with Crippen molar-refractivity contribution in [2.75, 3.05) is 5.73 Å². The van der Waals surface area contributed by atoms with Crippen LogP contribution >= 0.6 is 7.05 Å². The third kappa shape index (κ3) is 3.52. The largest absolute Gasteiger partial charge is 0.381 e. The van der Waals surface area contributed by atoms with Gasteiger partial charge in [0.05, 0.1) is 18.1 Å². The minimum atomic E-state index is -2.44. The SMILES string of the molecule is Nc1nc2ccccc2nc1N=P(c1ccccc1)(c1ccccc1)c1ccccc1. The monoisotopic (exact) mass is 420 g/mol. The van der Waals surface area contributed by atoms with Crippen LogP contribution < -0.4 is 21.6 Å². The summed E-state index contributed by atoms with van der Waals surface area (Å²) < 4.78 is 5.36. The van der Waals surface area contributed by atoms with Gasteiger partial charge in [-0.25, -0.2) is 14.7 Å². The van der Waals surface area contributed by atoms with Crippen molar-refractivity contribution in [2.45, 2.75) is 0 Å². The van der Waals surface area contributed by atoms with Crippen molar-refractivity contribution < 1.29 is 0 Å². The predicted molar refractivity (Wildman–Crippen MR) is 131 cm³/mol. The quantitative estimate of drug-likeness (QED) is 0.415. The fourth-order valence-corrected chi connectivity index (χ4v) is 7.25. The molecule has 5 rings (SSSR count). The zero-order valence-electron chi connectivity index (χ0n) is 16.8. The normalized spacial score (nSPS) is 11.4. The van der Waals surface area contributed by atoms with Crippen LogP contribution in [0.2, 0.25) is 0 Å². The summed E-state index contributed by atoms with van der Waals surface area (Å²) in [6.07, 6.45) is 0. The molecular weight excluding hydrogens is 399 g/mol. The lowest BCUT2D eigenvalue weighted by Crippen LogP contribution is -2.25. The number of aromatic nitrogens is 2. The van der Waals surface area contributed by atoms with E-state index in [0.29, 0.717) is 11.6 Å². The highest BCUT2D eigenvalue weighted by atomic mass is 31.2. The van der Waals surface area contributed by atoms with Crippen LogP contribution in [0.25, 0.3) is 11.0 Å². The Kier molecular flexibility index (Phi) is 5.07. The van der Waals surface area contributed by atoms with E-state index in [4.69, 9.17) is 15.5 Å². The molecule has 0 atom stereocenters. The van der Waals surface area contributed by atoms with Crippen molar-refractivity contribution in [3.05, 3.63) is 115 Å². The third-order valence-corrected chi connectivity index (χ3v) is 8.84. The molecule has 0 fully saturated rings. The minimum absolute atomic E-state index is 0.339. The van der Waals surface area contributed by atoms with E-state index in [-0.39, 0.29) is 0 Å². The molecule has 0 saturated carbocycles. The summed E-state index contributed by atoms with van der Waals surface area (Å²) in [6.45, 7) is 0. The van der Waals surface area contributed by atoms with Gasteiger partial charge in [0.15, 0.2) is 11.6 Å². The van der Waals surface area contributed by atoms with Gasteiger partial charge in [0.25, 0.3) is 0 Å². The lowest BCUT2D eigenvalue weighted by molar-refractivity contribution is 1.27. The van der Waals surface area contributed by atoms with E-state index in [1.165, 1.54) is 0 Å². The van der Waals surface area contributed by atoms with Gasteiger partial charge in [-0.1, -0.05) is 103 Å². The Labute approximate surface area is 181 Å². The Hall–Kier alpha value is -3.75. The Morgan fingerprint density at radius 3 is 1.35 bits per heavy atom. The molecule has 5 heteroatoms. The Bertz CT molecular complexity index is 1280. The number of hydrogen-bond acceptors (Lipinski definition) is 4. The summed E-state index contributed by atoms with van der Waals surface area (Å²) in [5, 5.41) is 3.42. The average Bonchev–Trinajstić information content (AvgIpc) is 2.84. The molecule has 1 heterocycles. The second kappa shape index (κ2) is 8.17. The number of para-hydroxylation sites is 2. The Morgan fingerprint density at radius 1 is 0.516 bits per heavy atom. The first kappa shape index (κ1) is 19.2. The van der Waals surface area contributed by atoms with Crippen LogP contribution in [0, 0.1) is 0 Å². The maximum Gasteiger partial charge on any atom is 0.195 e. The second-order valence-electron chi connectivity index (χ2n) is 7.16. The van der Waals surface area contributed by atoms with E-state index in [9.17, 15) is 0 Å². The molecule has 4 nitrogen and oxygen atoms in total. The maximum absolute atomic E-state index is 6.38. The molecule has 2 N–H and O–H groups in total. The molecule has 1 aromatic heterocycles. The predicted octanol–water partition coefficient (Wildman–Crippen LogP) is 5.02. The molecular formula is C26H21N4P. The van der Waals surface area contributed by atoms with Gasteiger partial charge in [0.2, 0.25) is 0 Å². The highest BCUT2D eigenvalue weighted by Gasteiger charge is 2.28. The number of hydrogen-bond donors (Lipinski definition) is 1. The molecule has 0 aliphatic rings. The molecule has 0 bridgehead atoms. The summed E-state index contributed by atoms with van der Waals surface area (Å²) in [5.41, 5.74) is 7.92. The number of benzene rings is 4. The van der Waals surface area contributed by atoms with Gasteiger partial charge >= 0.3 is 0 Å². The van der Waals surface area contributed by atoms with Crippen LogP contribution in [0.15, 0.2) is 120 Å². The Balaban J connectivity index is 1.92. The van der Waals surface area contributed by atoms with Gasteiger partial charge in [-0.2, -0.15) is 0 Å². The fraction of sp³-hybridized carbons (Fsp3) is 0. The van der Waals surface area contributed by atoms with Crippen molar-refractivity contribution in [1.82, 2.24) is 9.97 Å². The maximum atomic E-state index is 6.38. The van der Waals surface area contributed by atoms with Crippen LogP contribution in [0.3, 0.4) is 0 Å². The van der Waals surface area contributed by atoms with Crippen molar-refractivity contribution >= 4 is 45.6 Å². The first-order chi connectivity index (χ1) is 15.3. The molecule has 0 saturated heterocycles. The number of rotatable bonds is 4. The second-order valence-corrected chi connectivity index (χ2v) is 10.2. The van der Waals surface area contributed by atoms with Gasteiger partial charge in [-0.15, -0.1) is 0 Å². The van der Waals surface area contributed by atoms with Crippen molar-refractivity contribution in [3.8, 4) is 0 Å². The summed E-state index contributed by atoms with van der Waals surface area (Å²) >= 11 is 0. The number of nitrogens with two attached hydrogens (primary N) is 1. The van der Waals surface area contributed by atoms with E-state index in [2.05, 4.69) is 77.8 Å². The minimum Gasteiger partial charge on any atom is -0.381 e. The molecule has 0 amide bonds. The summed E-state index contributed by atoms with van der Waals surface area (Å²) in [5.74, 6) is 0.814. The third-order valence-electron chi connectivity index (χ3n) is 5.21. The van der Waals surface area contributed by atoms with Crippen molar-refractivity contribution in [2.24, 2.45) is 4.74 Å². The molecule has 0 spiro atoms. The van der Waals surface area contributed by atoms with E-state index >= 15 is 0 Å². The van der Waals surface area contributed by atoms with Crippen LogP contribution in [-0.2, 0) is 0 Å². The highest BCUT2D eigenvalue weighted by molar-refractivity contribution is 7.87. The standard InChI is InChI=1S/C26H21N4P/c27-25-26(29-24-19-11-10-18-23(24)28-25)30-31(20-12-4-1-5-13-20,21-14-6-2-7-15-21)22-16-8-3-9-17-22/h1-19H,(H2,27,28). The zero-order valence-corrected chi connectivity index (χ0v) is 17.7. The topological polar surface area (TPSA) is 64.2 Å². The molecule has 0 aliphatic heterocycles. The van der Waals surface area contributed by atoms with E-state index in [1.807, 2.05) is 42.5 Å². The van der Waals surface area contributed by atoms with Crippen LogP contribution in [-0.4, -0.2) is 9.97 Å². The highest BCUT2D eigenvalue weighted by Crippen LogP contribution is 2.49. The summed E-state index contributed by atoms with van der Waals surface area (Å²) in [4.78, 5) is 9.39. The van der Waals surface area contributed by atoms with Crippen LogP contribution in [0.1, 0.15) is 0 Å². The molecule has 5 aromatic rings. The number of fused-ring (bicyclic) bond motifs is 1. The molecule has 150 valence electrons. The Morgan fingerprint density at radius 2 is 0.903 bits per heavy atom. The molecule has 4 aromatic carbocycles. The van der Waals surface area contributed by atoms with Crippen LogP contribution in [0.5, 0.6) is 0 Å². The smallest absolute Gasteiger partial charge is 0.195 e. The molecule has 31 heavy (non-hydrogen) atoms. The van der Waals surface area contributed by atoms with Crippen LogP contribution in [0.4, 0.5) is 11.6 Å². The lowest BCUT2D eigenvalue weighted by Gasteiger charge is -2.26. The van der Waals surface area contributed by atoms with E-state index in [1.54, 1.807) is 0 Å².